The third kappa shape index (κ3) is 5.37. The highest BCUT2D eigenvalue weighted by atomic mass is 79.9. The Hall–Kier alpha value is -1.67. The van der Waals surface area contributed by atoms with E-state index in [-0.39, 0.29) is 18.2 Å². The lowest BCUT2D eigenvalue weighted by atomic mass is 9.94. The Morgan fingerprint density at radius 3 is 2.91 bits per heavy atom. The summed E-state index contributed by atoms with van der Waals surface area (Å²) in [7, 11) is -3.80. The van der Waals surface area contributed by atoms with E-state index in [1.165, 1.54) is 23.5 Å². The number of amidine groups is 1. The van der Waals surface area contributed by atoms with Gasteiger partial charge in [0.25, 0.3) is 10.2 Å². The Bertz CT molecular complexity index is 1220. The van der Waals surface area contributed by atoms with Crippen molar-refractivity contribution >= 4 is 54.9 Å². The van der Waals surface area contributed by atoms with E-state index in [9.17, 15) is 12.8 Å². The van der Waals surface area contributed by atoms with Gasteiger partial charge in [0, 0.05) is 53.4 Å². The predicted molar refractivity (Wildman–Crippen MR) is 130 cm³/mol. The normalized spacial score (nSPS) is 21.1. The molecule has 1 unspecified atom stereocenters. The van der Waals surface area contributed by atoms with Crippen LogP contribution in [0.4, 0.5) is 4.39 Å². The molecule has 0 saturated carbocycles. The minimum atomic E-state index is -3.80. The first-order valence-electron chi connectivity index (χ1n) is 9.90. The van der Waals surface area contributed by atoms with Crippen molar-refractivity contribution in [3.05, 3.63) is 73.5 Å². The second-order valence-electron chi connectivity index (χ2n) is 7.30. The molecule has 0 bridgehead atoms. The summed E-state index contributed by atoms with van der Waals surface area (Å²) in [5, 5.41) is 11.7. The summed E-state index contributed by atoms with van der Waals surface area (Å²) < 4.78 is 43.4. The highest BCUT2D eigenvalue weighted by Crippen LogP contribution is 2.42. The van der Waals surface area contributed by atoms with Gasteiger partial charge < -0.3 is 10.0 Å². The molecule has 0 radical (unpaired) electrons. The van der Waals surface area contributed by atoms with Gasteiger partial charge in [-0.1, -0.05) is 33.6 Å². The molecule has 2 aliphatic rings. The lowest BCUT2D eigenvalue weighted by molar-refractivity contribution is 0.300. The van der Waals surface area contributed by atoms with E-state index in [4.69, 9.17) is 21.7 Å². The third-order valence-electron chi connectivity index (χ3n) is 5.15. The summed E-state index contributed by atoms with van der Waals surface area (Å²) in [5.41, 5.74) is 2.31. The lowest BCUT2D eigenvalue weighted by Gasteiger charge is -2.31. The zero-order chi connectivity index (χ0) is 23.6. The van der Waals surface area contributed by atoms with Crippen LogP contribution in [0.1, 0.15) is 23.0 Å². The molecule has 0 aliphatic carbocycles. The van der Waals surface area contributed by atoms with E-state index < -0.39 is 28.1 Å². The van der Waals surface area contributed by atoms with E-state index in [0.717, 1.165) is 11.3 Å². The predicted octanol–water partition coefficient (Wildman–Crippen LogP) is 3.09. The average molecular weight is 577 g/mol. The molecule has 2 atom stereocenters. The molecule has 4 rings (SSSR count). The fourth-order valence-electron chi connectivity index (χ4n) is 3.89. The zero-order valence-corrected chi connectivity index (χ0v) is 21.1. The first-order valence-corrected chi connectivity index (χ1v) is 13.6. The Balaban J connectivity index is 1.78. The number of fused-ring (bicyclic) bond motifs is 1. The van der Waals surface area contributed by atoms with Gasteiger partial charge >= 0.3 is 0 Å². The summed E-state index contributed by atoms with van der Waals surface area (Å²) in [6.45, 7) is -0.0374. The van der Waals surface area contributed by atoms with Crippen LogP contribution in [0.25, 0.3) is 0 Å². The average Bonchev–Trinajstić information content (AvgIpc) is 3.43. The summed E-state index contributed by atoms with van der Waals surface area (Å²) in [6.07, 6.45) is 3.91. The highest BCUT2D eigenvalue weighted by Gasteiger charge is 2.40. The van der Waals surface area contributed by atoms with E-state index in [1.807, 2.05) is 16.4 Å². The van der Waals surface area contributed by atoms with Crippen LogP contribution in [0.2, 0.25) is 5.02 Å². The number of aliphatic hydroxyl groups excluding tert-OH is 1. The Morgan fingerprint density at radius 2 is 2.24 bits per heavy atom. The highest BCUT2D eigenvalue weighted by molar-refractivity contribution is 9.11. The molecule has 13 heteroatoms. The van der Waals surface area contributed by atoms with Crippen molar-refractivity contribution < 1.29 is 17.9 Å². The van der Waals surface area contributed by atoms with Crippen molar-refractivity contribution in [2.24, 2.45) is 4.99 Å². The van der Waals surface area contributed by atoms with E-state index in [0.29, 0.717) is 29.4 Å². The summed E-state index contributed by atoms with van der Waals surface area (Å²) in [5.74, 6) is 0.156. The molecule has 33 heavy (non-hydrogen) atoms. The quantitative estimate of drug-likeness (QED) is 0.448. The molecule has 2 aromatic rings. The Kier molecular flexibility index (Phi) is 7.63. The molecule has 0 amide bonds. The Labute approximate surface area is 208 Å². The molecule has 0 spiro atoms. The van der Waals surface area contributed by atoms with Crippen molar-refractivity contribution in [1.29, 1.82) is 0 Å². The van der Waals surface area contributed by atoms with Crippen molar-refractivity contribution in [2.45, 2.75) is 18.5 Å². The third-order valence-corrected chi connectivity index (χ3v) is 7.74. The number of nitrogens with zero attached hydrogens (tertiary/aromatic N) is 3. The molecular formula is C20H20BrClFN5O3S2. The molecule has 2 aliphatic heterocycles. The molecule has 3 heterocycles. The van der Waals surface area contributed by atoms with Gasteiger partial charge in [-0.3, -0.25) is 4.99 Å². The summed E-state index contributed by atoms with van der Waals surface area (Å²) in [4.78, 5) is 13.0. The molecule has 1 saturated heterocycles. The second-order valence-corrected chi connectivity index (χ2v) is 10.7. The van der Waals surface area contributed by atoms with E-state index in [1.54, 1.807) is 17.2 Å². The lowest BCUT2D eigenvalue weighted by Crippen LogP contribution is -2.45. The van der Waals surface area contributed by atoms with Crippen LogP contribution in [0.5, 0.6) is 0 Å². The topological polar surface area (TPSA) is 107 Å². The maximum Gasteiger partial charge on any atom is 0.277 e. The van der Waals surface area contributed by atoms with Crippen molar-refractivity contribution in [3.63, 3.8) is 0 Å². The van der Waals surface area contributed by atoms with Gasteiger partial charge in [0.05, 0.1) is 6.61 Å². The van der Waals surface area contributed by atoms with Crippen LogP contribution in [-0.2, 0) is 10.2 Å². The molecule has 8 nitrogen and oxygen atoms in total. The van der Waals surface area contributed by atoms with Gasteiger partial charge in [0.1, 0.15) is 11.9 Å². The van der Waals surface area contributed by atoms with Gasteiger partial charge in [-0.25, -0.2) is 9.37 Å². The SMILES string of the molecule is O=S(=O)(NCCO)NC1CC2=C(/C=C/Br)[C@H](c3ccc(F)cc3Cl)N=C(c3nccs3)N2C1. The van der Waals surface area contributed by atoms with Gasteiger partial charge in [0.15, 0.2) is 10.8 Å². The first-order chi connectivity index (χ1) is 15.8. The molecule has 1 aromatic carbocycles. The fraction of sp³-hybridized carbons (Fsp3) is 0.300. The van der Waals surface area contributed by atoms with E-state index >= 15 is 0 Å². The van der Waals surface area contributed by atoms with Gasteiger partial charge in [0.2, 0.25) is 0 Å². The monoisotopic (exact) mass is 575 g/mol. The number of hydrogen-bond acceptors (Lipinski definition) is 7. The number of halogens is 3. The largest absolute Gasteiger partial charge is 0.395 e. The second kappa shape index (κ2) is 10.3. The first kappa shape index (κ1) is 24.5. The molecule has 176 valence electrons. The molecule has 1 fully saturated rings. The van der Waals surface area contributed by atoms with Crippen molar-refractivity contribution in [1.82, 2.24) is 19.3 Å². The number of rotatable bonds is 8. The molecule has 3 N–H and O–H groups in total. The van der Waals surface area contributed by atoms with Crippen molar-refractivity contribution in [3.8, 4) is 0 Å². The number of benzene rings is 1. The van der Waals surface area contributed by atoms with Crippen LogP contribution in [0.15, 0.2) is 57.1 Å². The maximum absolute atomic E-state index is 13.7. The number of aliphatic hydroxyl groups is 1. The Morgan fingerprint density at radius 1 is 1.42 bits per heavy atom. The van der Waals surface area contributed by atoms with Crippen molar-refractivity contribution in [2.75, 3.05) is 19.7 Å². The minimum absolute atomic E-state index is 0.0804. The van der Waals surface area contributed by atoms with Gasteiger partial charge in [-0.2, -0.15) is 17.9 Å². The maximum atomic E-state index is 13.7. The number of nitrogens with one attached hydrogen (secondary N) is 2. The van der Waals surface area contributed by atoms with Crippen LogP contribution >= 0.6 is 38.9 Å². The summed E-state index contributed by atoms with van der Waals surface area (Å²) in [6, 6.07) is 3.23. The number of thiazole rings is 1. The number of aromatic nitrogens is 1. The smallest absolute Gasteiger partial charge is 0.277 e. The van der Waals surface area contributed by atoms with Crippen LogP contribution in [0.3, 0.4) is 0 Å². The summed E-state index contributed by atoms with van der Waals surface area (Å²) >= 11 is 11.1. The fourth-order valence-corrected chi connectivity index (χ4v) is 6.12. The van der Waals surface area contributed by atoms with E-state index in [2.05, 4.69) is 30.4 Å². The molecule has 1 aromatic heterocycles. The minimum Gasteiger partial charge on any atom is -0.395 e. The standard InChI is InChI=1S/C20H20BrClFN5O3S2/c21-4-3-15-17-10-13(27-33(30,31)25-5-7-29)11-28(17)19(20-24-6-8-32-20)26-18(15)14-2-1-12(23)9-16(14)22/h1-4,6,8-9,13,18,25,27,29H,5,7,10-11H2/b4-3+/t13?,18-/m0/s1. The van der Waals surface area contributed by atoms with Crippen LogP contribution in [0, 0.1) is 5.82 Å². The number of hydrogen-bond donors (Lipinski definition) is 3. The van der Waals surface area contributed by atoms with Gasteiger partial charge in [-0.15, -0.1) is 11.3 Å². The molecular weight excluding hydrogens is 557 g/mol. The van der Waals surface area contributed by atoms with Gasteiger partial charge in [-0.05, 0) is 28.8 Å². The zero-order valence-electron chi connectivity index (χ0n) is 17.1. The van der Waals surface area contributed by atoms with Crippen LogP contribution < -0.4 is 9.44 Å². The number of aliphatic imine (C=N–C) groups is 1. The van der Waals surface area contributed by atoms with Crippen LogP contribution in [-0.4, -0.2) is 55.0 Å².